The van der Waals surface area contributed by atoms with Gasteiger partial charge in [-0.25, -0.2) is 5.43 Å². The van der Waals surface area contributed by atoms with E-state index in [0.717, 1.165) is 21.3 Å². The number of benzene rings is 2. The number of aliphatic hydroxyl groups is 1. The number of hydrogen-bond acceptors (Lipinski definition) is 4. The summed E-state index contributed by atoms with van der Waals surface area (Å²) >= 11 is 3.42. The van der Waals surface area contributed by atoms with Crippen molar-refractivity contribution in [2.24, 2.45) is 5.10 Å². The van der Waals surface area contributed by atoms with Gasteiger partial charge in [0.05, 0.1) is 6.21 Å². The van der Waals surface area contributed by atoms with Gasteiger partial charge in [0, 0.05) is 4.47 Å². The summed E-state index contributed by atoms with van der Waals surface area (Å²) in [4.78, 5) is 10.8. The number of hydrazone groups is 1. The molecule has 0 aliphatic heterocycles. The summed E-state index contributed by atoms with van der Waals surface area (Å²) in [5.41, 5.74) is 4.08. The third-order valence-electron chi connectivity index (χ3n) is 2.72. The molecule has 0 unspecified atom stereocenters. The van der Waals surface area contributed by atoms with Gasteiger partial charge in [0.1, 0.15) is 19.0 Å². The van der Waals surface area contributed by atoms with Gasteiger partial charge in [0.25, 0.3) is 5.91 Å². The molecule has 5 nitrogen and oxygen atoms in total. The molecule has 2 aromatic rings. The Morgan fingerprint density at radius 2 is 2.05 bits per heavy atom. The molecule has 2 rings (SSSR count). The van der Waals surface area contributed by atoms with Gasteiger partial charge in [-0.05, 0) is 47.5 Å². The highest BCUT2D eigenvalue weighted by Crippen LogP contribution is 2.16. The number of aliphatic hydroxyl groups excluding tert-OH is 1. The molecular formula is C16H15BrN2O3. The van der Waals surface area contributed by atoms with Gasteiger partial charge in [-0.15, -0.1) is 0 Å². The molecule has 0 heterocycles. The number of carbonyl (C=O) groups excluding carboxylic acids is 1. The molecule has 114 valence electrons. The second-order valence-electron chi connectivity index (χ2n) is 4.44. The predicted molar refractivity (Wildman–Crippen MR) is 87.7 cm³/mol. The van der Waals surface area contributed by atoms with E-state index in [9.17, 15) is 4.79 Å². The molecule has 0 fully saturated rings. The van der Waals surface area contributed by atoms with Gasteiger partial charge in [-0.3, -0.25) is 4.79 Å². The number of amides is 1. The van der Waals surface area contributed by atoms with E-state index < -0.39 is 12.5 Å². The second-order valence-corrected chi connectivity index (χ2v) is 5.35. The van der Waals surface area contributed by atoms with Gasteiger partial charge in [0.2, 0.25) is 0 Å². The van der Waals surface area contributed by atoms with Crippen LogP contribution in [-0.2, 0) is 11.4 Å². The molecule has 0 aliphatic carbocycles. The molecular weight excluding hydrogens is 348 g/mol. The average molecular weight is 363 g/mol. The Labute approximate surface area is 136 Å². The first-order valence-electron chi connectivity index (χ1n) is 6.57. The maximum atomic E-state index is 10.8. The lowest BCUT2D eigenvalue weighted by Crippen LogP contribution is -2.20. The fourth-order valence-corrected chi connectivity index (χ4v) is 2.10. The molecule has 0 aromatic heterocycles. The molecule has 0 bridgehead atoms. The summed E-state index contributed by atoms with van der Waals surface area (Å²) in [5, 5.41) is 12.2. The normalized spacial score (nSPS) is 10.6. The molecule has 2 aromatic carbocycles. The number of carbonyl (C=O) groups is 1. The number of hydrogen-bond donors (Lipinski definition) is 2. The zero-order valence-corrected chi connectivity index (χ0v) is 13.3. The Balaban J connectivity index is 1.87. The van der Waals surface area contributed by atoms with E-state index in [-0.39, 0.29) is 0 Å². The van der Waals surface area contributed by atoms with E-state index in [1.54, 1.807) is 0 Å². The van der Waals surface area contributed by atoms with Gasteiger partial charge < -0.3 is 9.84 Å². The maximum absolute atomic E-state index is 10.8. The molecule has 0 spiro atoms. The van der Waals surface area contributed by atoms with Crippen LogP contribution >= 0.6 is 15.9 Å². The van der Waals surface area contributed by atoms with Crippen LogP contribution in [0.15, 0.2) is 58.1 Å². The van der Waals surface area contributed by atoms with E-state index in [0.29, 0.717) is 6.61 Å². The van der Waals surface area contributed by atoms with E-state index in [1.165, 1.54) is 6.21 Å². The Morgan fingerprint density at radius 1 is 1.27 bits per heavy atom. The number of nitrogens with zero attached hydrogens (tertiary/aromatic N) is 1. The minimum atomic E-state index is -0.584. The molecule has 0 radical (unpaired) electrons. The van der Waals surface area contributed by atoms with Crippen molar-refractivity contribution in [2.75, 3.05) is 6.61 Å². The molecule has 0 aliphatic rings. The molecule has 0 saturated carbocycles. The van der Waals surface area contributed by atoms with Crippen LogP contribution in [-0.4, -0.2) is 23.8 Å². The summed E-state index contributed by atoms with van der Waals surface area (Å²) in [7, 11) is 0. The van der Waals surface area contributed by atoms with Gasteiger partial charge >= 0.3 is 0 Å². The van der Waals surface area contributed by atoms with E-state index in [2.05, 4.69) is 26.5 Å². The summed E-state index contributed by atoms with van der Waals surface area (Å²) in [6.07, 6.45) is 1.49. The second kappa shape index (κ2) is 8.31. The van der Waals surface area contributed by atoms with E-state index in [4.69, 9.17) is 9.84 Å². The standard InChI is InChI=1S/C16H15BrN2O3/c17-14-3-1-2-13(8-14)11-22-15-6-4-12(5-7-15)9-18-19-16(21)10-20/h1-9,20H,10-11H2,(H,19,21)/b18-9-. The lowest BCUT2D eigenvalue weighted by molar-refractivity contribution is -0.123. The summed E-state index contributed by atoms with van der Waals surface area (Å²) < 4.78 is 6.71. The lowest BCUT2D eigenvalue weighted by Gasteiger charge is -2.06. The molecule has 1 amide bonds. The van der Waals surface area contributed by atoms with Crippen molar-refractivity contribution < 1.29 is 14.6 Å². The van der Waals surface area contributed by atoms with Gasteiger partial charge in [0.15, 0.2) is 0 Å². The van der Waals surface area contributed by atoms with Crippen LogP contribution in [0.5, 0.6) is 5.75 Å². The molecule has 0 atom stereocenters. The topological polar surface area (TPSA) is 70.9 Å². The largest absolute Gasteiger partial charge is 0.489 e. The van der Waals surface area contributed by atoms with Crippen molar-refractivity contribution in [3.63, 3.8) is 0 Å². The predicted octanol–water partition coefficient (Wildman–Crippen LogP) is 2.47. The van der Waals surface area contributed by atoms with Crippen LogP contribution in [0.4, 0.5) is 0 Å². The molecule has 0 saturated heterocycles. The number of rotatable bonds is 6. The van der Waals surface area contributed by atoms with Crippen LogP contribution in [0.3, 0.4) is 0 Å². The first-order chi connectivity index (χ1) is 10.7. The first kappa shape index (κ1) is 16.2. The molecule has 2 N–H and O–H groups in total. The summed E-state index contributed by atoms with van der Waals surface area (Å²) in [5.74, 6) is 0.196. The SMILES string of the molecule is O=C(CO)N/N=C\c1ccc(OCc2cccc(Br)c2)cc1. The lowest BCUT2D eigenvalue weighted by atomic mass is 10.2. The highest BCUT2D eigenvalue weighted by atomic mass is 79.9. The first-order valence-corrected chi connectivity index (χ1v) is 7.37. The smallest absolute Gasteiger partial charge is 0.265 e. The monoisotopic (exact) mass is 362 g/mol. The van der Waals surface area contributed by atoms with Crippen molar-refractivity contribution in [2.45, 2.75) is 6.61 Å². The van der Waals surface area contributed by atoms with E-state index in [1.807, 2.05) is 48.5 Å². The Bertz CT molecular complexity index is 657. The summed E-state index contributed by atoms with van der Waals surface area (Å²) in [6.45, 7) is -0.0981. The zero-order chi connectivity index (χ0) is 15.8. The Kier molecular flexibility index (Phi) is 6.12. The fraction of sp³-hybridized carbons (Fsp3) is 0.125. The van der Waals surface area contributed by atoms with Crippen molar-refractivity contribution in [3.8, 4) is 5.75 Å². The quantitative estimate of drug-likeness (QED) is 0.612. The number of ether oxygens (including phenoxy) is 1. The third kappa shape index (κ3) is 5.31. The highest BCUT2D eigenvalue weighted by Gasteiger charge is 1.98. The summed E-state index contributed by atoms with van der Waals surface area (Å²) in [6, 6.07) is 15.2. The number of halogens is 1. The maximum Gasteiger partial charge on any atom is 0.265 e. The minimum Gasteiger partial charge on any atom is -0.489 e. The van der Waals surface area contributed by atoms with E-state index >= 15 is 0 Å². The van der Waals surface area contributed by atoms with Gasteiger partial charge in [-0.1, -0.05) is 28.1 Å². The number of nitrogens with one attached hydrogen (secondary N) is 1. The van der Waals surface area contributed by atoms with Gasteiger partial charge in [-0.2, -0.15) is 5.10 Å². The van der Waals surface area contributed by atoms with Crippen molar-refractivity contribution in [3.05, 3.63) is 64.1 Å². The Morgan fingerprint density at radius 3 is 2.73 bits per heavy atom. The van der Waals surface area contributed by atoms with Crippen molar-refractivity contribution in [1.29, 1.82) is 0 Å². The fourth-order valence-electron chi connectivity index (χ4n) is 1.66. The Hall–Kier alpha value is -2.18. The van der Waals surface area contributed by atoms with Crippen LogP contribution in [0.2, 0.25) is 0 Å². The minimum absolute atomic E-state index is 0.486. The van der Waals surface area contributed by atoms with Crippen LogP contribution in [0.25, 0.3) is 0 Å². The van der Waals surface area contributed by atoms with Crippen LogP contribution in [0, 0.1) is 0 Å². The van der Waals surface area contributed by atoms with Crippen LogP contribution in [0.1, 0.15) is 11.1 Å². The van der Waals surface area contributed by atoms with Crippen LogP contribution < -0.4 is 10.2 Å². The van der Waals surface area contributed by atoms with Crippen molar-refractivity contribution >= 4 is 28.1 Å². The molecule has 6 heteroatoms. The highest BCUT2D eigenvalue weighted by molar-refractivity contribution is 9.10. The average Bonchev–Trinajstić information content (AvgIpc) is 2.54. The third-order valence-corrected chi connectivity index (χ3v) is 3.21. The molecule has 22 heavy (non-hydrogen) atoms. The zero-order valence-electron chi connectivity index (χ0n) is 11.7. The van der Waals surface area contributed by atoms with Crippen molar-refractivity contribution in [1.82, 2.24) is 5.43 Å².